The van der Waals surface area contributed by atoms with Crippen LogP contribution in [-0.4, -0.2) is 11.1 Å². The number of hydrogen-bond donors (Lipinski definition) is 2. The van der Waals surface area contributed by atoms with E-state index in [4.69, 9.17) is 10.8 Å². The molecule has 1 atom stereocenters. The molecule has 3 nitrogen and oxygen atoms in total. The zero-order chi connectivity index (χ0) is 10.9. The number of halogens is 2. The van der Waals surface area contributed by atoms with Gasteiger partial charge in [-0.2, -0.15) is 0 Å². The maximum atomic E-state index is 13.2. The van der Waals surface area contributed by atoms with Crippen molar-refractivity contribution in [3.63, 3.8) is 0 Å². The Hall–Kier alpha value is -0.940. The lowest BCUT2D eigenvalue weighted by atomic mass is 10.1. The van der Waals surface area contributed by atoms with Gasteiger partial charge in [0.1, 0.15) is 11.9 Å². The van der Waals surface area contributed by atoms with Crippen molar-refractivity contribution >= 4 is 21.9 Å². The summed E-state index contributed by atoms with van der Waals surface area (Å²) >= 11 is 2.96. The quantitative estimate of drug-likeness (QED) is 0.856. The van der Waals surface area contributed by atoms with Gasteiger partial charge in [-0.05, 0) is 40.0 Å². The van der Waals surface area contributed by atoms with E-state index in [9.17, 15) is 9.18 Å². The Bertz CT molecular complexity index is 381. The Balaban J connectivity index is 3.26. The topological polar surface area (TPSA) is 63.3 Å². The van der Waals surface area contributed by atoms with Gasteiger partial charge in [0.15, 0.2) is 0 Å². The molecule has 0 saturated carbocycles. The smallest absolute Gasteiger partial charge is 0.325 e. The van der Waals surface area contributed by atoms with Crippen LogP contribution in [-0.2, 0) is 4.79 Å². The number of carbonyl (C=O) groups is 1. The van der Waals surface area contributed by atoms with Gasteiger partial charge in [-0.25, -0.2) is 4.39 Å². The molecule has 1 aromatic rings. The van der Waals surface area contributed by atoms with Crippen molar-refractivity contribution in [3.05, 3.63) is 33.5 Å². The molecule has 0 aromatic heterocycles. The highest BCUT2D eigenvalue weighted by atomic mass is 79.9. The average molecular weight is 262 g/mol. The maximum Gasteiger partial charge on any atom is 0.325 e. The molecular formula is C9H9BrFNO2. The molecule has 0 aliphatic carbocycles. The number of nitrogens with two attached hydrogens (primary N) is 1. The third kappa shape index (κ3) is 2.10. The Morgan fingerprint density at radius 1 is 1.64 bits per heavy atom. The average Bonchev–Trinajstić information content (AvgIpc) is 2.09. The molecule has 0 spiro atoms. The molecule has 3 N–H and O–H groups in total. The molecule has 1 unspecified atom stereocenters. The van der Waals surface area contributed by atoms with Crippen LogP contribution >= 0.6 is 15.9 Å². The molecule has 0 saturated heterocycles. The normalized spacial score (nSPS) is 12.6. The maximum absolute atomic E-state index is 13.2. The van der Waals surface area contributed by atoms with Crippen LogP contribution in [0.3, 0.4) is 0 Å². The molecule has 0 amide bonds. The second-order valence-electron chi connectivity index (χ2n) is 2.97. The lowest BCUT2D eigenvalue weighted by molar-refractivity contribution is -0.138. The van der Waals surface area contributed by atoms with Gasteiger partial charge in [-0.1, -0.05) is 6.07 Å². The van der Waals surface area contributed by atoms with Gasteiger partial charge >= 0.3 is 5.97 Å². The first-order valence-corrected chi connectivity index (χ1v) is 4.66. The minimum Gasteiger partial charge on any atom is -0.480 e. The fourth-order valence-electron chi connectivity index (χ4n) is 1.11. The summed E-state index contributed by atoms with van der Waals surface area (Å²) in [6, 6.07) is 1.65. The lowest BCUT2D eigenvalue weighted by Gasteiger charge is -2.10. The highest BCUT2D eigenvalue weighted by Gasteiger charge is 2.19. The molecule has 76 valence electrons. The molecule has 0 bridgehead atoms. The van der Waals surface area contributed by atoms with Gasteiger partial charge in [-0.3, -0.25) is 4.79 Å². The van der Waals surface area contributed by atoms with Crippen molar-refractivity contribution in [2.24, 2.45) is 5.73 Å². The molecule has 5 heteroatoms. The summed E-state index contributed by atoms with van der Waals surface area (Å²) in [5.41, 5.74) is 6.26. The molecule has 0 heterocycles. The Kier molecular flexibility index (Phi) is 3.23. The largest absolute Gasteiger partial charge is 0.480 e. The van der Waals surface area contributed by atoms with Crippen LogP contribution in [0.2, 0.25) is 0 Å². The summed E-state index contributed by atoms with van der Waals surface area (Å²) < 4.78 is 13.3. The van der Waals surface area contributed by atoms with Crippen LogP contribution in [0, 0.1) is 12.7 Å². The number of benzene rings is 1. The molecule has 1 rings (SSSR count). The molecule has 14 heavy (non-hydrogen) atoms. The highest BCUT2D eigenvalue weighted by molar-refractivity contribution is 9.10. The van der Waals surface area contributed by atoms with Crippen LogP contribution in [0.15, 0.2) is 16.6 Å². The highest BCUT2D eigenvalue weighted by Crippen LogP contribution is 2.26. The van der Waals surface area contributed by atoms with Gasteiger partial charge in [-0.15, -0.1) is 0 Å². The summed E-state index contributed by atoms with van der Waals surface area (Å²) in [5.74, 6) is -1.69. The third-order valence-corrected chi connectivity index (χ3v) is 2.64. The second kappa shape index (κ2) is 4.06. The number of hydrogen-bond acceptors (Lipinski definition) is 2. The summed E-state index contributed by atoms with van der Waals surface area (Å²) in [7, 11) is 0. The Labute approximate surface area is 88.9 Å². The van der Waals surface area contributed by atoms with E-state index in [1.54, 1.807) is 13.0 Å². The Morgan fingerprint density at radius 3 is 2.71 bits per heavy atom. The van der Waals surface area contributed by atoms with Gasteiger partial charge in [0.25, 0.3) is 0 Å². The van der Waals surface area contributed by atoms with Crippen LogP contribution in [0.1, 0.15) is 17.2 Å². The predicted octanol–water partition coefficient (Wildman–Crippen LogP) is 1.98. The van der Waals surface area contributed by atoms with Gasteiger partial charge in [0.2, 0.25) is 0 Å². The predicted molar refractivity (Wildman–Crippen MR) is 53.4 cm³/mol. The van der Waals surface area contributed by atoms with Gasteiger partial charge in [0, 0.05) is 0 Å². The summed E-state index contributed by atoms with van der Waals surface area (Å²) in [6.45, 7) is 1.67. The SMILES string of the molecule is Cc1cc(F)c(Br)c(C(N)C(=O)O)c1. The summed E-state index contributed by atoms with van der Waals surface area (Å²) in [4.78, 5) is 10.6. The van der Waals surface area contributed by atoms with E-state index in [0.29, 0.717) is 5.56 Å². The van der Waals surface area contributed by atoms with E-state index >= 15 is 0 Å². The van der Waals surface area contributed by atoms with Gasteiger partial charge < -0.3 is 10.8 Å². The van der Waals surface area contributed by atoms with Crippen LogP contribution < -0.4 is 5.73 Å². The van der Waals surface area contributed by atoms with Crippen LogP contribution in [0.25, 0.3) is 0 Å². The molecular weight excluding hydrogens is 253 g/mol. The fourth-order valence-corrected chi connectivity index (χ4v) is 1.59. The molecule has 1 aromatic carbocycles. The standard InChI is InChI=1S/C9H9BrFNO2/c1-4-2-5(8(12)9(13)14)7(10)6(11)3-4/h2-3,8H,12H2,1H3,(H,13,14). The van der Waals surface area contributed by atoms with Crippen molar-refractivity contribution in [2.45, 2.75) is 13.0 Å². The monoisotopic (exact) mass is 261 g/mol. The number of aliphatic carboxylic acids is 1. The minimum absolute atomic E-state index is 0.109. The summed E-state index contributed by atoms with van der Waals surface area (Å²) in [5, 5.41) is 8.67. The van der Waals surface area contributed by atoms with Crippen molar-refractivity contribution in [3.8, 4) is 0 Å². The van der Waals surface area contributed by atoms with E-state index in [1.165, 1.54) is 6.07 Å². The van der Waals surface area contributed by atoms with E-state index in [2.05, 4.69) is 15.9 Å². The van der Waals surface area contributed by atoms with E-state index in [0.717, 1.165) is 0 Å². The third-order valence-electron chi connectivity index (χ3n) is 1.80. The van der Waals surface area contributed by atoms with Crippen LogP contribution in [0.4, 0.5) is 4.39 Å². The molecule has 0 aliphatic rings. The molecule has 0 radical (unpaired) electrons. The van der Waals surface area contributed by atoms with Crippen LogP contribution in [0.5, 0.6) is 0 Å². The molecule has 0 fully saturated rings. The first-order chi connectivity index (χ1) is 6.43. The first kappa shape index (κ1) is 11.1. The van der Waals surface area contributed by atoms with Crippen molar-refractivity contribution in [2.75, 3.05) is 0 Å². The molecule has 0 aliphatic heterocycles. The van der Waals surface area contributed by atoms with Crippen molar-refractivity contribution in [1.29, 1.82) is 0 Å². The zero-order valence-electron chi connectivity index (χ0n) is 7.42. The number of carboxylic acid groups (broad SMARTS) is 1. The van der Waals surface area contributed by atoms with E-state index in [-0.39, 0.29) is 10.0 Å². The van der Waals surface area contributed by atoms with Gasteiger partial charge in [0.05, 0.1) is 4.47 Å². The zero-order valence-corrected chi connectivity index (χ0v) is 9.01. The fraction of sp³-hybridized carbons (Fsp3) is 0.222. The minimum atomic E-state index is -1.21. The number of rotatable bonds is 2. The van der Waals surface area contributed by atoms with Crippen molar-refractivity contribution < 1.29 is 14.3 Å². The first-order valence-electron chi connectivity index (χ1n) is 3.87. The lowest BCUT2D eigenvalue weighted by Crippen LogP contribution is -2.21. The van der Waals surface area contributed by atoms with E-state index in [1.807, 2.05) is 0 Å². The number of carboxylic acids is 1. The number of aryl methyl sites for hydroxylation is 1. The second-order valence-corrected chi connectivity index (χ2v) is 3.76. The Morgan fingerprint density at radius 2 is 2.21 bits per heavy atom. The van der Waals surface area contributed by atoms with Crippen molar-refractivity contribution in [1.82, 2.24) is 0 Å². The summed E-state index contributed by atoms with van der Waals surface area (Å²) in [6.07, 6.45) is 0. The van der Waals surface area contributed by atoms with E-state index < -0.39 is 17.8 Å².